The van der Waals surface area contributed by atoms with E-state index in [9.17, 15) is 4.79 Å². The number of carbonyl (C=O) groups excluding carboxylic acids is 1. The molecule has 0 bridgehead atoms. The normalized spacial score (nSPS) is 14.6. The molecule has 1 saturated heterocycles. The Morgan fingerprint density at radius 3 is 2.36 bits per heavy atom. The van der Waals surface area contributed by atoms with Crippen LogP contribution in [0, 0.1) is 26.7 Å². The summed E-state index contributed by atoms with van der Waals surface area (Å²) in [6, 6.07) is 14.6. The van der Waals surface area contributed by atoms with Crippen molar-refractivity contribution in [1.82, 2.24) is 19.7 Å². The molecule has 1 aliphatic heterocycles. The SMILES string of the molecule is COCCCNC(=O)C1CCN(c2c(-n3c(C)ccc3C)c(C)nn2-c2ccccc2)CC1. The number of amides is 1. The van der Waals surface area contributed by atoms with Gasteiger partial charge in [-0.3, -0.25) is 4.79 Å². The summed E-state index contributed by atoms with van der Waals surface area (Å²) < 4.78 is 9.43. The third-order valence-corrected chi connectivity index (χ3v) is 6.49. The summed E-state index contributed by atoms with van der Waals surface area (Å²) in [6.45, 7) is 9.33. The number of rotatable bonds is 8. The quantitative estimate of drug-likeness (QED) is 0.529. The van der Waals surface area contributed by atoms with Gasteiger partial charge < -0.3 is 19.5 Å². The van der Waals surface area contributed by atoms with Crippen LogP contribution in [0.4, 0.5) is 5.82 Å². The average molecular weight is 450 g/mol. The van der Waals surface area contributed by atoms with Crippen molar-refractivity contribution in [2.45, 2.75) is 40.0 Å². The molecule has 1 amide bonds. The molecule has 0 radical (unpaired) electrons. The topological polar surface area (TPSA) is 64.3 Å². The lowest BCUT2D eigenvalue weighted by Crippen LogP contribution is -2.41. The average Bonchev–Trinajstić information content (AvgIpc) is 3.35. The Morgan fingerprint density at radius 2 is 1.73 bits per heavy atom. The lowest BCUT2D eigenvalue weighted by atomic mass is 9.95. The predicted octanol–water partition coefficient (Wildman–Crippen LogP) is 3.96. The molecule has 0 spiro atoms. The zero-order valence-corrected chi connectivity index (χ0v) is 20.2. The fourth-order valence-electron chi connectivity index (χ4n) is 4.75. The van der Waals surface area contributed by atoms with Crippen molar-refractivity contribution >= 4 is 11.7 Å². The van der Waals surface area contributed by atoms with Crippen molar-refractivity contribution in [3.63, 3.8) is 0 Å². The third kappa shape index (κ3) is 4.83. The number of anilines is 1. The molecule has 4 rings (SSSR count). The minimum absolute atomic E-state index is 0.0523. The Morgan fingerprint density at radius 1 is 1.06 bits per heavy atom. The molecule has 1 N–H and O–H groups in total. The van der Waals surface area contributed by atoms with Crippen LogP contribution in [0.1, 0.15) is 36.3 Å². The van der Waals surface area contributed by atoms with E-state index in [4.69, 9.17) is 9.84 Å². The highest BCUT2D eigenvalue weighted by Gasteiger charge is 2.30. The molecule has 0 atom stereocenters. The second-order valence-corrected chi connectivity index (χ2v) is 8.86. The van der Waals surface area contributed by atoms with E-state index in [-0.39, 0.29) is 11.8 Å². The molecule has 0 aliphatic carbocycles. The predicted molar refractivity (Wildman–Crippen MR) is 132 cm³/mol. The molecule has 7 heteroatoms. The van der Waals surface area contributed by atoms with Gasteiger partial charge in [-0.1, -0.05) is 18.2 Å². The standard InChI is InChI=1S/C26H35N5O2/c1-19-11-12-20(2)30(19)24-21(3)28-31(23-9-6-5-7-10-23)26(24)29-16-13-22(14-17-29)25(32)27-15-8-18-33-4/h5-7,9-12,22H,8,13-18H2,1-4H3,(H,27,32). The number of hydrogen-bond donors (Lipinski definition) is 1. The number of hydrogen-bond acceptors (Lipinski definition) is 4. The van der Waals surface area contributed by atoms with E-state index >= 15 is 0 Å². The van der Waals surface area contributed by atoms with Crippen molar-refractivity contribution in [2.75, 3.05) is 38.3 Å². The first kappa shape index (κ1) is 23.1. The number of piperidine rings is 1. The Labute approximate surface area is 196 Å². The van der Waals surface area contributed by atoms with Gasteiger partial charge in [-0.05, 0) is 64.3 Å². The van der Waals surface area contributed by atoms with Crippen molar-refractivity contribution in [3.05, 3.63) is 59.5 Å². The van der Waals surface area contributed by atoms with Gasteiger partial charge >= 0.3 is 0 Å². The molecule has 176 valence electrons. The van der Waals surface area contributed by atoms with Gasteiger partial charge in [-0.25, -0.2) is 4.68 Å². The van der Waals surface area contributed by atoms with Gasteiger partial charge in [-0.2, -0.15) is 5.10 Å². The van der Waals surface area contributed by atoms with Gasteiger partial charge in [0.25, 0.3) is 0 Å². The van der Waals surface area contributed by atoms with Crippen LogP contribution in [0.2, 0.25) is 0 Å². The lowest BCUT2D eigenvalue weighted by molar-refractivity contribution is -0.125. The van der Waals surface area contributed by atoms with Crippen LogP contribution in [0.3, 0.4) is 0 Å². The van der Waals surface area contributed by atoms with Gasteiger partial charge in [0.1, 0.15) is 5.69 Å². The summed E-state index contributed by atoms with van der Waals surface area (Å²) in [5.41, 5.74) is 5.54. The first-order chi connectivity index (χ1) is 16.0. The molecule has 1 fully saturated rings. The third-order valence-electron chi connectivity index (χ3n) is 6.49. The van der Waals surface area contributed by atoms with Crippen LogP contribution >= 0.6 is 0 Å². The second kappa shape index (κ2) is 10.3. The van der Waals surface area contributed by atoms with Crippen molar-refractivity contribution in [1.29, 1.82) is 0 Å². The molecular formula is C26H35N5O2. The molecule has 3 aromatic rings. The number of methoxy groups -OCH3 is 1. The van der Waals surface area contributed by atoms with E-state index in [0.717, 1.165) is 55.2 Å². The van der Waals surface area contributed by atoms with E-state index in [1.54, 1.807) is 7.11 Å². The number of benzene rings is 1. The minimum atomic E-state index is 0.0523. The number of nitrogens with zero attached hydrogens (tertiary/aromatic N) is 4. The summed E-state index contributed by atoms with van der Waals surface area (Å²) in [5.74, 6) is 1.31. The van der Waals surface area contributed by atoms with E-state index in [1.807, 2.05) is 18.2 Å². The summed E-state index contributed by atoms with van der Waals surface area (Å²) >= 11 is 0. The van der Waals surface area contributed by atoms with E-state index < -0.39 is 0 Å². The monoisotopic (exact) mass is 449 g/mol. The lowest BCUT2D eigenvalue weighted by Gasteiger charge is -2.34. The van der Waals surface area contributed by atoms with Crippen LogP contribution < -0.4 is 10.2 Å². The molecule has 7 nitrogen and oxygen atoms in total. The summed E-state index contributed by atoms with van der Waals surface area (Å²) in [7, 11) is 1.68. The highest BCUT2D eigenvalue weighted by Crippen LogP contribution is 2.35. The first-order valence-electron chi connectivity index (χ1n) is 11.8. The Balaban J connectivity index is 1.61. The fourth-order valence-corrected chi connectivity index (χ4v) is 4.75. The molecule has 1 aromatic carbocycles. The second-order valence-electron chi connectivity index (χ2n) is 8.86. The smallest absolute Gasteiger partial charge is 0.223 e. The summed E-state index contributed by atoms with van der Waals surface area (Å²) in [5, 5.41) is 8.04. The molecule has 0 saturated carbocycles. The zero-order chi connectivity index (χ0) is 23.4. The Hall–Kier alpha value is -3.06. The first-order valence-corrected chi connectivity index (χ1v) is 11.8. The van der Waals surface area contributed by atoms with Crippen molar-refractivity contribution < 1.29 is 9.53 Å². The van der Waals surface area contributed by atoms with Crippen LogP contribution in [0.5, 0.6) is 0 Å². The molecule has 2 aromatic heterocycles. The molecule has 3 heterocycles. The highest BCUT2D eigenvalue weighted by atomic mass is 16.5. The van der Waals surface area contributed by atoms with Gasteiger partial charge in [0, 0.05) is 50.7 Å². The van der Waals surface area contributed by atoms with Gasteiger partial charge in [0.05, 0.1) is 11.4 Å². The fraction of sp³-hybridized carbons (Fsp3) is 0.462. The number of para-hydroxylation sites is 1. The number of aromatic nitrogens is 3. The minimum Gasteiger partial charge on any atom is -0.385 e. The maximum atomic E-state index is 12.6. The van der Waals surface area contributed by atoms with E-state index in [0.29, 0.717) is 13.2 Å². The van der Waals surface area contributed by atoms with Crippen molar-refractivity contribution in [2.24, 2.45) is 5.92 Å². The number of ether oxygens (including phenoxy) is 1. The molecule has 33 heavy (non-hydrogen) atoms. The zero-order valence-electron chi connectivity index (χ0n) is 20.2. The Kier molecular flexibility index (Phi) is 7.18. The molecule has 0 unspecified atom stereocenters. The number of nitrogens with one attached hydrogen (secondary N) is 1. The van der Waals surface area contributed by atoms with Crippen LogP contribution in [0.25, 0.3) is 11.4 Å². The van der Waals surface area contributed by atoms with Gasteiger partial charge in [-0.15, -0.1) is 0 Å². The molecular weight excluding hydrogens is 414 g/mol. The molecule has 1 aliphatic rings. The highest BCUT2D eigenvalue weighted by molar-refractivity contribution is 5.79. The number of aryl methyl sites for hydroxylation is 3. The van der Waals surface area contributed by atoms with Gasteiger partial charge in [0.15, 0.2) is 5.82 Å². The maximum Gasteiger partial charge on any atom is 0.223 e. The maximum absolute atomic E-state index is 12.6. The van der Waals surface area contributed by atoms with Crippen LogP contribution in [-0.2, 0) is 9.53 Å². The van der Waals surface area contributed by atoms with Crippen LogP contribution in [0.15, 0.2) is 42.5 Å². The van der Waals surface area contributed by atoms with E-state index in [1.165, 1.54) is 11.4 Å². The van der Waals surface area contributed by atoms with Gasteiger partial charge in [0.2, 0.25) is 5.91 Å². The number of carbonyl (C=O) groups is 1. The Bertz CT molecular complexity index is 1060. The summed E-state index contributed by atoms with van der Waals surface area (Å²) in [6.07, 6.45) is 2.51. The van der Waals surface area contributed by atoms with Crippen LogP contribution in [-0.4, -0.2) is 53.6 Å². The largest absolute Gasteiger partial charge is 0.385 e. The van der Waals surface area contributed by atoms with Crippen molar-refractivity contribution in [3.8, 4) is 11.4 Å². The van der Waals surface area contributed by atoms with E-state index in [2.05, 4.69) is 64.5 Å². The summed E-state index contributed by atoms with van der Waals surface area (Å²) in [4.78, 5) is 15.0.